The summed E-state index contributed by atoms with van der Waals surface area (Å²) in [6.45, 7) is 2.31. The molecule has 0 aliphatic carbocycles. The first kappa shape index (κ1) is 8.21. The second kappa shape index (κ2) is 4.09. The molecule has 2 nitrogen and oxygen atoms in total. The fourth-order valence-electron chi connectivity index (χ4n) is 1.15. The van der Waals surface area contributed by atoms with Gasteiger partial charge in [-0.1, -0.05) is 6.92 Å². The van der Waals surface area contributed by atoms with E-state index in [-0.39, 0.29) is 6.61 Å². The van der Waals surface area contributed by atoms with Crippen LogP contribution in [0, 0.1) is 0 Å². The third-order valence-electron chi connectivity index (χ3n) is 1.77. The van der Waals surface area contributed by atoms with Gasteiger partial charge in [0.25, 0.3) is 0 Å². The fourth-order valence-corrected chi connectivity index (χ4v) is 1.15. The highest BCUT2D eigenvalue weighted by Gasteiger charge is 1.97. The Morgan fingerprint density at radius 3 is 2.91 bits per heavy atom. The van der Waals surface area contributed by atoms with Gasteiger partial charge in [-0.05, 0) is 30.0 Å². The van der Waals surface area contributed by atoms with Crippen LogP contribution in [0.1, 0.15) is 18.1 Å². The Bertz CT molecular complexity index is 223. The van der Waals surface area contributed by atoms with Crippen LogP contribution >= 0.6 is 0 Å². The van der Waals surface area contributed by atoms with Gasteiger partial charge in [0.1, 0.15) is 0 Å². The fraction of sp³-hybridized carbons (Fsp3) is 0.444. The van der Waals surface area contributed by atoms with Crippen LogP contribution in [0.3, 0.4) is 0 Å². The Kier molecular flexibility index (Phi) is 3.05. The lowest BCUT2D eigenvalue weighted by Crippen LogP contribution is -1.96. The van der Waals surface area contributed by atoms with Gasteiger partial charge >= 0.3 is 0 Å². The first-order chi connectivity index (χ1) is 5.38. The molecule has 0 saturated carbocycles. The zero-order valence-electron chi connectivity index (χ0n) is 6.75. The van der Waals surface area contributed by atoms with Crippen LogP contribution in [0.15, 0.2) is 18.5 Å². The molecule has 1 heterocycles. The molecular weight excluding hydrogens is 138 g/mol. The van der Waals surface area contributed by atoms with Crippen molar-refractivity contribution in [1.82, 2.24) is 4.98 Å². The van der Waals surface area contributed by atoms with Crippen molar-refractivity contribution in [2.45, 2.75) is 19.8 Å². The van der Waals surface area contributed by atoms with E-state index in [0.717, 1.165) is 18.4 Å². The Morgan fingerprint density at radius 1 is 1.45 bits per heavy atom. The van der Waals surface area contributed by atoms with E-state index in [9.17, 15) is 0 Å². The van der Waals surface area contributed by atoms with Crippen LogP contribution in [0.2, 0.25) is 0 Å². The summed E-state index contributed by atoms with van der Waals surface area (Å²) in [6.07, 6.45) is 5.35. The van der Waals surface area contributed by atoms with Crippen molar-refractivity contribution >= 4 is 0 Å². The van der Waals surface area contributed by atoms with E-state index in [1.54, 1.807) is 6.20 Å². The Balaban J connectivity index is 2.83. The lowest BCUT2D eigenvalue weighted by molar-refractivity contribution is 0.299. The number of aryl methyl sites for hydroxylation is 1. The first-order valence-electron chi connectivity index (χ1n) is 3.91. The molecule has 0 radical (unpaired) electrons. The number of nitrogens with zero attached hydrogens (tertiary/aromatic N) is 1. The van der Waals surface area contributed by atoms with Crippen molar-refractivity contribution in [3.63, 3.8) is 0 Å². The summed E-state index contributed by atoms with van der Waals surface area (Å²) in [4.78, 5) is 4.00. The Labute approximate surface area is 66.9 Å². The third-order valence-corrected chi connectivity index (χ3v) is 1.77. The zero-order chi connectivity index (χ0) is 8.10. The molecular formula is C9H13NO. The summed E-state index contributed by atoms with van der Waals surface area (Å²) in [5.41, 5.74) is 2.45. The monoisotopic (exact) mass is 151 g/mol. The van der Waals surface area contributed by atoms with Crippen LogP contribution in [0.4, 0.5) is 0 Å². The minimum Gasteiger partial charge on any atom is -0.396 e. The molecule has 1 rings (SSSR count). The lowest BCUT2D eigenvalue weighted by Gasteiger charge is -2.03. The Morgan fingerprint density at radius 2 is 2.27 bits per heavy atom. The minimum atomic E-state index is 0.207. The largest absolute Gasteiger partial charge is 0.396 e. The Hall–Kier alpha value is -0.890. The maximum Gasteiger partial charge on any atom is 0.0472 e. The first-order valence-corrected chi connectivity index (χ1v) is 3.91. The summed E-state index contributed by atoms with van der Waals surface area (Å²) >= 11 is 0. The van der Waals surface area contributed by atoms with Gasteiger partial charge in [-0.25, -0.2) is 0 Å². The summed E-state index contributed by atoms with van der Waals surface area (Å²) in [6, 6.07) is 2.00. The maximum absolute atomic E-state index is 8.71. The summed E-state index contributed by atoms with van der Waals surface area (Å²) < 4.78 is 0. The number of hydrogen-bond acceptors (Lipinski definition) is 2. The van der Waals surface area contributed by atoms with Crippen LogP contribution in [-0.4, -0.2) is 16.7 Å². The maximum atomic E-state index is 8.71. The van der Waals surface area contributed by atoms with Crippen molar-refractivity contribution in [3.05, 3.63) is 29.6 Å². The van der Waals surface area contributed by atoms with Gasteiger partial charge in [0.2, 0.25) is 0 Å². The number of aliphatic hydroxyl groups excluding tert-OH is 1. The van der Waals surface area contributed by atoms with E-state index in [1.165, 1.54) is 5.56 Å². The van der Waals surface area contributed by atoms with Gasteiger partial charge in [-0.15, -0.1) is 0 Å². The molecule has 0 aliphatic rings. The van der Waals surface area contributed by atoms with Gasteiger partial charge in [-0.3, -0.25) is 4.98 Å². The average Bonchev–Trinajstić information content (AvgIpc) is 2.06. The van der Waals surface area contributed by atoms with Crippen molar-refractivity contribution in [2.75, 3.05) is 6.61 Å². The quantitative estimate of drug-likeness (QED) is 0.703. The summed E-state index contributed by atoms with van der Waals surface area (Å²) in [7, 11) is 0. The molecule has 1 aromatic heterocycles. The standard InChI is InChI=1S/C9H13NO/c1-2-8-3-5-10-7-9(8)4-6-11/h3,5,7,11H,2,4,6H2,1H3. The zero-order valence-corrected chi connectivity index (χ0v) is 6.75. The molecule has 0 unspecified atom stereocenters. The molecule has 1 aromatic rings. The van der Waals surface area contributed by atoms with Gasteiger partial charge in [-0.2, -0.15) is 0 Å². The van der Waals surface area contributed by atoms with E-state index in [4.69, 9.17) is 5.11 Å². The SMILES string of the molecule is CCc1ccncc1CCO. The van der Waals surface area contributed by atoms with Gasteiger partial charge in [0.15, 0.2) is 0 Å². The lowest BCUT2D eigenvalue weighted by atomic mass is 10.1. The van der Waals surface area contributed by atoms with Crippen molar-refractivity contribution in [3.8, 4) is 0 Å². The molecule has 1 N–H and O–H groups in total. The van der Waals surface area contributed by atoms with Gasteiger partial charge in [0.05, 0.1) is 0 Å². The van der Waals surface area contributed by atoms with Crippen LogP contribution in [0.5, 0.6) is 0 Å². The van der Waals surface area contributed by atoms with E-state index < -0.39 is 0 Å². The van der Waals surface area contributed by atoms with Crippen molar-refractivity contribution in [2.24, 2.45) is 0 Å². The summed E-state index contributed by atoms with van der Waals surface area (Å²) in [5.74, 6) is 0. The minimum absolute atomic E-state index is 0.207. The predicted molar refractivity (Wildman–Crippen MR) is 44.4 cm³/mol. The molecule has 2 heteroatoms. The topological polar surface area (TPSA) is 33.1 Å². The second-order valence-electron chi connectivity index (χ2n) is 2.47. The molecule has 0 spiro atoms. The molecule has 0 aromatic carbocycles. The van der Waals surface area contributed by atoms with E-state index in [0.29, 0.717) is 0 Å². The van der Waals surface area contributed by atoms with Crippen LogP contribution in [-0.2, 0) is 12.8 Å². The van der Waals surface area contributed by atoms with Gasteiger partial charge < -0.3 is 5.11 Å². The smallest absolute Gasteiger partial charge is 0.0472 e. The second-order valence-corrected chi connectivity index (χ2v) is 2.47. The molecule has 11 heavy (non-hydrogen) atoms. The van der Waals surface area contributed by atoms with Crippen LogP contribution < -0.4 is 0 Å². The van der Waals surface area contributed by atoms with E-state index in [2.05, 4.69) is 11.9 Å². The number of aliphatic hydroxyl groups is 1. The molecule has 60 valence electrons. The predicted octanol–water partition coefficient (Wildman–Crippen LogP) is 1.18. The highest BCUT2D eigenvalue weighted by molar-refractivity contribution is 5.23. The molecule has 0 saturated heterocycles. The normalized spacial score (nSPS) is 10.0. The number of aromatic nitrogens is 1. The van der Waals surface area contributed by atoms with Crippen molar-refractivity contribution in [1.29, 1.82) is 0 Å². The van der Waals surface area contributed by atoms with Crippen LogP contribution in [0.25, 0.3) is 0 Å². The number of rotatable bonds is 3. The molecule has 0 bridgehead atoms. The highest BCUT2D eigenvalue weighted by atomic mass is 16.2. The van der Waals surface area contributed by atoms with Gasteiger partial charge in [0, 0.05) is 19.0 Å². The van der Waals surface area contributed by atoms with Crippen molar-refractivity contribution < 1.29 is 5.11 Å². The molecule has 0 amide bonds. The number of hydrogen-bond donors (Lipinski definition) is 1. The molecule has 0 fully saturated rings. The summed E-state index contributed by atoms with van der Waals surface area (Å²) in [5, 5.41) is 8.71. The average molecular weight is 151 g/mol. The highest BCUT2D eigenvalue weighted by Crippen LogP contribution is 2.07. The molecule has 0 aliphatic heterocycles. The number of pyridine rings is 1. The van der Waals surface area contributed by atoms with E-state index in [1.807, 2.05) is 12.3 Å². The molecule has 0 atom stereocenters. The third kappa shape index (κ3) is 2.02. The van der Waals surface area contributed by atoms with E-state index >= 15 is 0 Å².